The van der Waals surface area contributed by atoms with Gasteiger partial charge in [-0.15, -0.1) is 6.58 Å². The molecule has 5 unspecified atom stereocenters. The lowest BCUT2D eigenvalue weighted by Gasteiger charge is -2.36. The highest BCUT2D eigenvalue weighted by atomic mass is 35.5. The van der Waals surface area contributed by atoms with E-state index in [1.807, 2.05) is 6.92 Å². The molecule has 5 rings (SSSR count). The number of aromatic nitrogens is 2. The van der Waals surface area contributed by atoms with E-state index in [0.717, 1.165) is 5.69 Å². The van der Waals surface area contributed by atoms with Crippen LogP contribution in [0, 0.1) is 18.3 Å². The van der Waals surface area contributed by atoms with Gasteiger partial charge in [-0.05, 0) is 76.6 Å². The molecule has 2 saturated carbocycles. The minimum Gasteiger partial charge on any atom is -0.444 e. The number of ether oxygens (including phenoxy) is 2. The number of nitrogens with one attached hydrogen (secondary N) is 5. The highest BCUT2D eigenvalue weighted by Crippen LogP contribution is 2.45. The maximum absolute atomic E-state index is 14.4. The molecule has 5 amide bonds. The van der Waals surface area contributed by atoms with Gasteiger partial charge < -0.3 is 25.0 Å². The number of nitrogens with zero attached hydrogens (tertiary/aromatic N) is 2. The Balaban J connectivity index is 1.40. The van der Waals surface area contributed by atoms with Crippen LogP contribution in [0.25, 0.3) is 11.3 Å². The summed E-state index contributed by atoms with van der Waals surface area (Å²) in [6, 6.07) is 4.07. The summed E-state index contributed by atoms with van der Waals surface area (Å²) in [6.45, 7) is 15.5. The highest BCUT2D eigenvalue weighted by Gasteiger charge is 2.62. The van der Waals surface area contributed by atoms with Gasteiger partial charge in [0.15, 0.2) is 0 Å². The number of alkyl carbamates (subject to hydrolysis) is 1. The summed E-state index contributed by atoms with van der Waals surface area (Å²) in [5, 5.41) is 14.9. The Labute approximate surface area is 319 Å². The largest absolute Gasteiger partial charge is 0.444 e. The quantitative estimate of drug-likeness (QED) is 0.205. The number of hydrogen-bond donors (Lipinski definition) is 5. The number of carbonyl (C=O) groups is 5. The first-order valence-corrected chi connectivity index (χ1v) is 19.6. The van der Waals surface area contributed by atoms with Crippen LogP contribution in [-0.4, -0.2) is 94.5 Å². The van der Waals surface area contributed by atoms with E-state index >= 15 is 0 Å². The van der Waals surface area contributed by atoms with Crippen molar-refractivity contribution >= 4 is 57.2 Å². The lowest BCUT2D eigenvalue weighted by atomic mass is 9.85. The molecule has 294 valence electrons. The monoisotopic (exact) mass is 789 g/mol. The molecule has 1 aromatic heterocycles. The van der Waals surface area contributed by atoms with Gasteiger partial charge >= 0.3 is 12.2 Å². The van der Waals surface area contributed by atoms with Gasteiger partial charge in [0.05, 0.1) is 23.2 Å². The standard InChI is InChI=1S/C36H48ClN7O9S/c1-9-20-17-36(20,31(47)43-54(50,51)23-11-12-23)40-29(45)27-16-22(18-44(27)30(46)28(34(3,4)5)39-33(49)53-35(6,7)8)52-32(48)38-25-13-10-21(37)15-24(25)26-14-19(2)41-42-26/h9-10,13-15,20,22-23,27-28H,1,11-12,16-18H2,2-8H3,(H,38,48)(H,39,49)(H,40,45)(H,41,42)(H,43,47). The van der Waals surface area contributed by atoms with Crippen LogP contribution in [-0.2, 0) is 33.9 Å². The van der Waals surface area contributed by atoms with Gasteiger partial charge in [0.2, 0.25) is 21.8 Å². The van der Waals surface area contributed by atoms with Gasteiger partial charge in [0.1, 0.15) is 29.3 Å². The summed E-state index contributed by atoms with van der Waals surface area (Å²) < 4.78 is 38.6. The van der Waals surface area contributed by atoms with Crippen LogP contribution >= 0.6 is 11.6 Å². The van der Waals surface area contributed by atoms with E-state index in [9.17, 15) is 32.4 Å². The highest BCUT2D eigenvalue weighted by molar-refractivity contribution is 7.91. The van der Waals surface area contributed by atoms with E-state index in [1.54, 1.807) is 65.8 Å². The number of rotatable bonds is 11. The molecule has 2 heterocycles. The van der Waals surface area contributed by atoms with Gasteiger partial charge in [0.25, 0.3) is 5.91 Å². The number of halogens is 1. The van der Waals surface area contributed by atoms with Crippen molar-refractivity contribution in [1.29, 1.82) is 0 Å². The molecular weight excluding hydrogens is 742 g/mol. The van der Waals surface area contributed by atoms with Crippen molar-refractivity contribution in [1.82, 2.24) is 30.5 Å². The Morgan fingerprint density at radius 3 is 2.33 bits per heavy atom. The lowest BCUT2D eigenvalue weighted by Crippen LogP contribution is -2.60. The summed E-state index contributed by atoms with van der Waals surface area (Å²) in [5.41, 5.74) is -1.23. The first kappa shape index (κ1) is 40.5. The molecule has 2 aliphatic carbocycles. The van der Waals surface area contributed by atoms with Crippen LogP contribution in [0.2, 0.25) is 5.02 Å². The molecule has 3 fully saturated rings. The smallest absolute Gasteiger partial charge is 0.411 e. The van der Waals surface area contributed by atoms with Gasteiger partial charge in [-0.25, -0.2) is 18.0 Å². The van der Waals surface area contributed by atoms with E-state index in [2.05, 4.69) is 37.4 Å². The number of anilines is 1. The third-order valence-corrected chi connectivity index (χ3v) is 11.4. The number of likely N-dealkylation sites (tertiary alicyclic amines) is 1. The van der Waals surface area contributed by atoms with Crippen molar-refractivity contribution < 1.29 is 41.9 Å². The SMILES string of the molecule is C=CC1CC1(NC(=O)C1CC(OC(=O)Nc2ccc(Cl)cc2-c2cc(C)[nH]n2)CN1C(=O)C(NC(=O)OC(C)(C)C)C(C)(C)C)C(=O)NS(=O)(=O)C1CC1. The Hall–Kier alpha value is -4.64. The number of benzene rings is 1. The van der Waals surface area contributed by atoms with Crippen LogP contribution in [0.4, 0.5) is 15.3 Å². The molecule has 16 nitrogen and oxygen atoms in total. The first-order chi connectivity index (χ1) is 25.0. The third-order valence-electron chi connectivity index (χ3n) is 9.35. The molecule has 1 aromatic carbocycles. The summed E-state index contributed by atoms with van der Waals surface area (Å²) in [5.74, 6) is -2.93. The van der Waals surface area contributed by atoms with Crippen LogP contribution in [0.1, 0.15) is 72.9 Å². The van der Waals surface area contributed by atoms with E-state index < -0.39 is 85.8 Å². The average Bonchev–Trinajstić information content (AvgIpc) is 3.95. The van der Waals surface area contributed by atoms with Crippen molar-refractivity contribution in [2.75, 3.05) is 11.9 Å². The minimum atomic E-state index is -3.94. The first-order valence-electron chi connectivity index (χ1n) is 17.6. The summed E-state index contributed by atoms with van der Waals surface area (Å²) in [7, 11) is -3.94. The fourth-order valence-electron chi connectivity index (χ4n) is 6.32. The molecule has 1 saturated heterocycles. The average molecular weight is 790 g/mol. The van der Waals surface area contributed by atoms with Gasteiger partial charge in [0, 0.05) is 28.6 Å². The predicted octanol–water partition coefficient (Wildman–Crippen LogP) is 4.17. The number of aromatic amines is 1. The minimum absolute atomic E-state index is 0.0844. The van der Waals surface area contributed by atoms with E-state index in [-0.39, 0.29) is 19.4 Å². The van der Waals surface area contributed by atoms with Gasteiger partial charge in [-0.1, -0.05) is 38.4 Å². The van der Waals surface area contributed by atoms with Crippen molar-refractivity contribution in [3.63, 3.8) is 0 Å². The zero-order valence-electron chi connectivity index (χ0n) is 31.4. The fourth-order valence-corrected chi connectivity index (χ4v) is 7.85. The summed E-state index contributed by atoms with van der Waals surface area (Å²) >= 11 is 6.24. The number of sulfonamides is 1. The Bertz CT molecular complexity index is 1950. The van der Waals surface area contributed by atoms with Crippen molar-refractivity contribution in [2.45, 2.75) is 109 Å². The summed E-state index contributed by atoms with van der Waals surface area (Å²) in [6.07, 6.45) is -0.563. The number of amides is 5. The van der Waals surface area contributed by atoms with E-state index in [1.165, 1.54) is 11.0 Å². The molecule has 1 aliphatic heterocycles. The second-order valence-corrected chi connectivity index (χ2v) is 18.5. The van der Waals surface area contributed by atoms with E-state index in [4.69, 9.17) is 21.1 Å². The maximum Gasteiger partial charge on any atom is 0.411 e. The molecule has 5 atom stereocenters. The normalized spacial score (nSPS) is 23.1. The number of aryl methyl sites for hydroxylation is 1. The second kappa shape index (κ2) is 14.9. The van der Waals surface area contributed by atoms with Gasteiger partial charge in [-0.3, -0.25) is 29.5 Å². The molecule has 3 aliphatic rings. The molecule has 5 N–H and O–H groups in total. The third kappa shape index (κ3) is 9.35. The van der Waals surface area contributed by atoms with Crippen LogP contribution in [0.15, 0.2) is 36.9 Å². The molecule has 18 heteroatoms. The zero-order valence-corrected chi connectivity index (χ0v) is 32.9. The van der Waals surface area contributed by atoms with Crippen molar-refractivity contribution in [2.24, 2.45) is 11.3 Å². The van der Waals surface area contributed by atoms with Crippen molar-refractivity contribution in [3.8, 4) is 11.3 Å². The lowest BCUT2D eigenvalue weighted by molar-refractivity contribution is -0.143. The molecular formula is C36H48ClN7O9S. The Morgan fingerprint density at radius 2 is 1.78 bits per heavy atom. The molecule has 54 heavy (non-hydrogen) atoms. The summed E-state index contributed by atoms with van der Waals surface area (Å²) in [4.78, 5) is 69.5. The topological polar surface area (TPSA) is 218 Å². The van der Waals surface area contributed by atoms with Crippen LogP contribution in [0.3, 0.4) is 0 Å². The maximum atomic E-state index is 14.4. The Morgan fingerprint density at radius 1 is 1.09 bits per heavy atom. The van der Waals surface area contributed by atoms with Gasteiger partial charge in [-0.2, -0.15) is 5.10 Å². The molecule has 0 radical (unpaired) electrons. The number of hydrogen-bond acceptors (Lipinski definition) is 10. The van der Waals surface area contributed by atoms with Crippen LogP contribution in [0.5, 0.6) is 0 Å². The van der Waals surface area contributed by atoms with E-state index in [0.29, 0.717) is 34.8 Å². The zero-order chi connectivity index (χ0) is 40.0. The predicted molar refractivity (Wildman–Crippen MR) is 200 cm³/mol. The van der Waals surface area contributed by atoms with Crippen LogP contribution < -0.4 is 20.7 Å². The number of H-pyrrole nitrogens is 1. The molecule has 0 spiro atoms. The number of carbonyl (C=O) groups excluding carboxylic acids is 5. The molecule has 0 bridgehead atoms. The van der Waals surface area contributed by atoms with Crippen molar-refractivity contribution in [3.05, 3.63) is 47.6 Å². The fraction of sp³-hybridized carbons (Fsp3) is 0.556. The molecule has 2 aromatic rings. The second-order valence-electron chi connectivity index (χ2n) is 16.1. The Kier molecular flexibility index (Phi) is 11.2.